The number of aliphatic hydroxyl groups excluding tert-OH is 1. The average molecular weight is 310 g/mol. The number of thioether (sulfide) groups is 1. The maximum atomic E-state index is 11.6. The van der Waals surface area contributed by atoms with Gasteiger partial charge in [-0.25, -0.2) is 4.98 Å². The number of fused-ring (bicyclic) bond motifs is 1. The largest absolute Gasteiger partial charge is 0.389 e. The Bertz CT molecular complexity index is 700. The first-order valence-electron chi connectivity index (χ1n) is 6.69. The first-order valence-corrected chi connectivity index (χ1v) is 8.08. The first kappa shape index (κ1) is 14.6. The lowest BCUT2D eigenvalue weighted by atomic mass is 10.0. The number of rotatable bonds is 4. The summed E-state index contributed by atoms with van der Waals surface area (Å²) in [6.07, 6.45) is 4.28. The number of nitrogens with zero attached hydrogens (tertiary/aromatic N) is 2. The second-order valence-electron chi connectivity index (χ2n) is 5.49. The van der Waals surface area contributed by atoms with Gasteiger partial charge in [0.1, 0.15) is 11.1 Å². The van der Waals surface area contributed by atoms with Crippen LogP contribution < -0.4 is 5.56 Å². The standard InChI is InChI=1S/C13H18N4O3S/c1-21-6-13(20)5-17(4-9(13)18)3-8-2-14-11-10(8)15-7-16-12(11)19/h2,7,9,14,18,20H,3-6H2,1H3,(H,15,16,19)/t9-,13-/m1/s1. The van der Waals surface area contributed by atoms with Crippen molar-refractivity contribution >= 4 is 22.8 Å². The van der Waals surface area contributed by atoms with E-state index in [9.17, 15) is 15.0 Å². The van der Waals surface area contributed by atoms with Crippen LogP contribution in [-0.2, 0) is 6.54 Å². The van der Waals surface area contributed by atoms with Crippen molar-refractivity contribution in [3.8, 4) is 0 Å². The Labute approximate surface area is 125 Å². The van der Waals surface area contributed by atoms with Crippen molar-refractivity contribution in [3.63, 3.8) is 0 Å². The molecule has 3 heterocycles. The lowest BCUT2D eigenvalue weighted by molar-refractivity contribution is -0.0216. The molecule has 0 aromatic carbocycles. The highest BCUT2D eigenvalue weighted by Gasteiger charge is 2.43. The van der Waals surface area contributed by atoms with Gasteiger partial charge in [-0.2, -0.15) is 11.8 Å². The van der Waals surface area contributed by atoms with E-state index in [2.05, 4.69) is 15.0 Å². The number of likely N-dealkylation sites (tertiary alicyclic amines) is 1. The fourth-order valence-electron chi connectivity index (χ4n) is 2.85. The molecule has 8 heteroatoms. The summed E-state index contributed by atoms with van der Waals surface area (Å²) in [5.74, 6) is 0.496. The number of aromatic nitrogens is 3. The average Bonchev–Trinajstić information content (AvgIpc) is 2.94. The minimum absolute atomic E-state index is 0.202. The predicted octanol–water partition coefficient (Wildman–Crippen LogP) is -0.478. The molecule has 2 aromatic heterocycles. The van der Waals surface area contributed by atoms with Gasteiger partial charge in [0.05, 0.1) is 17.9 Å². The third kappa shape index (κ3) is 2.59. The second-order valence-corrected chi connectivity index (χ2v) is 6.36. The highest BCUT2D eigenvalue weighted by atomic mass is 32.2. The Morgan fingerprint density at radius 3 is 3.14 bits per heavy atom. The van der Waals surface area contributed by atoms with E-state index in [1.54, 1.807) is 6.20 Å². The summed E-state index contributed by atoms with van der Waals surface area (Å²) < 4.78 is 0. The maximum absolute atomic E-state index is 11.6. The van der Waals surface area contributed by atoms with Crippen molar-refractivity contribution in [2.75, 3.05) is 25.1 Å². The van der Waals surface area contributed by atoms with Gasteiger partial charge in [0.25, 0.3) is 5.56 Å². The summed E-state index contributed by atoms with van der Waals surface area (Å²) in [6.45, 7) is 1.35. The summed E-state index contributed by atoms with van der Waals surface area (Å²) >= 11 is 1.52. The molecule has 3 rings (SSSR count). The van der Waals surface area contributed by atoms with Crippen molar-refractivity contribution in [1.29, 1.82) is 0 Å². The molecule has 0 spiro atoms. The van der Waals surface area contributed by atoms with E-state index < -0.39 is 11.7 Å². The molecular formula is C13H18N4O3S. The van der Waals surface area contributed by atoms with E-state index in [1.165, 1.54) is 18.1 Å². The zero-order valence-corrected chi connectivity index (χ0v) is 12.5. The fourth-order valence-corrected chi connectivity index (χ4v) is 3.63. The highest BCUT2D eigenvalue weighted by Crippen LogP contribution is 2.27. The molecule has 7 nitrogen and oxygen atoms in total. The predicted molar refractivity (Wildman–Crippen MR) is 81.3 cm³/mol. The van der Waals surface area contributed by atoms with Gasteiger partial charge >= 0.3 is 0 Å². The van der Waals surface area contributed by atoms with Gasteiger partial charge in [-0.1, -0.05) is 0 Å². The summed E-state index contributed by atoms with van der Waals surface area (Å²) in [5.41, 5.74) is 0.694. The highest BCUT2D eigenvalue weighted by molar-refractivity contribution is 7.98. The zero-order valence-electron chi connectivity index (χ0n) is 11.7. The van der Waals surface area contributed by atoms with Gasteiger partial charge in [0, 0.05) is 37.1 Å². The summed E-state index contributed by atoms with van der Waals surface area (Å²) in [5, 5.41) is 20.5. The molecule has 1 aliphatic heterocycles. The fraction of sp³-hybridized carbons (Fsp3) is 0.538. The van der Waals surface area contributed by atoms with Gasteiger partial charge in [0.2, 0.25) is 0 Å². The molecule has 0 unspecified atom stereocenters. The number of hydrogen-bond donors (Lipinski definition) is 4. The van der Waals surface area contributed by atoms with Crippen LogP contribution in [0.2, 0.25) is 0 Å². The Balaban J connectivity index is 1.81. The molecule has 21 heavy (non-hydrogen) atoms. The number of β-amino-alcohol motifs (C(OH)–C–C–N with tert-alkyl or cyclic N) is 2. The molecule has 1 aliphatic rings. The third-order valence-corrected chi connectivity index (χ3v) is 4.67. The van der Waals surface area contributed by atoms with Crippen LogP contribution in [0, 0.1) is 0 Å². The maximum Gasteiger partial charge on any atom is 0.275 e. The van der Waals surface area contributed by atoms with E-state index in [1.807, 2.05) is 11.2 Å². The van der Waals surface area contributed by atoms with Crippen molar-refractivity contribution in [3.05, 3.63) is 28.4 Å². The van der Waals surface area contributed by atoms with E-state index in [-0.39, 0.29) is 5.56 Å². The number of H-pyrrole nitrogens is 2. The lowest BCUT2D eigenvalue weighted by Gasteiger charge is -2.24. The Hall–Kier alpha value is -1.35. The number of hydrogen-bond acceptors (Lipinski definition) is 6. The van der Waals surface area contributed by atoms with Crippen LogP contribution in [0.1, 0.15) is 5.56 Å². The van der Waals surface area contributed by atoms with Crippen molar-refractivity contribution in [1.82, 2.24) is 19.9 Å². The Kier molecular flexibility index (Phi) is 3.78. The smallest absolute Gasteiger partial charge is 0.275 e. The number of nitrogens with one attached hydrogen (secondary N) is 2. The van der Waals surface area contributed by atoms with E-state index in [0.717, 1.165) is 5.56 Å². The Morgan fingerprint density at radius 1 is 1.57 bits per heavy atom. The van der Waals surface area contributed by atoms with Crippen LogP contribution in [0.3, 0.4) is 0 Å². The van der Waals surface area contributed by atoms with Gasteiger partial charge < -0.3 is 20.2 Å². The minimum Gasteiger partial charge on any atom is -0.389 e. The van der Waals surface area contributed by atoms with Gasteiger partial charge in [0.15, 0.2) is 0 Å². The SMILES string of the molecule is CSC[C@]1(O)CN(Cc2c[nH]c3c(=O)[nH]cnc23)C[C@H]1O. The summed E-state index contributed by atoms with van der Waals surface area (Å²) in [4.78, 5) is 23.3. The minimum atomic E-state index is -1.07. The monoisotopic (exact) mass is 310 g/mol. The van der Waals surface area contributed by atoms with Gasteiger partial charge in [-0.15, -0.1) is 0 Å². The topological polar surface area (TPSA) is 105 Å². The van der Waals surface area contributed by atoms with Crippen LogP contribution in [0.25, 0.3) is 11.0 Å². The normalized spacial score (nSPS) is 26.7. The zero-order chi connectivity index (χ0) is 15.0. The molecule has 0 saturated carbocycles. The third-order valence-electron chi connectivity index (χ3n) is 3.89. The summed E-state index contributed by atoms with van der Waals surface area (Å²) in [6, 6.07) is 0. The van der Waals surface area contributed by atoms with Crippen molar-refractivity contribution < 1.29 is 10.2 Å². The van der Waals surface area contributed by atoms with E-state index in [0.29, 0.717) is 36.4 Å². The van der Waals surface area contributed by atoms with Crippen LogP contribution in [-0.4, -0.2) is 66.9 Å². The second kappa shape index (κ2) is 5.45. The van der Waals surface area contributed by atoms with Crippen LogP contribution >= 0.6 is 11.8 Å². The van der Waals surface area contributed by atoms with Crippen molar-refractivity contribution in [2.24, 2.45) is 0 Å². The number of aromatic amines is 2. The molecule has 2 atom stereocenters. The van der Waals surface area contributed by atoms with Gasteiger partial charge in [-0.3, -0.25) is 9.69 Å². The first-order chi connectivity index (χ1) is 10.0. The molecule has 4 N–H and O–H groups in total. The van der Waals surface area contributed by atoms with E-state index >= 15 is 0 Å². The van der Waals surface area contributed by atoms with Gasteiger partial charge in [-0.05, 0) is 6.26 Å². The molecule has 1 saturated heterocycles. The molecule has 0 amide bonds. The molecule has 1 fully saturated rings. The number of aliphatic hydroxyl groups is 2. The van der Waals surface area contributed by atoms with Crippen molar-refractivity contribution in [2.45, 2.75) is 18.2 Å². The van der Waals surface area contributed by atoms with Crippen LogP contribution in [0.5, 0.6) is 0 Å². The van der Waals surface area contributed by atoms with Crippen LogP contribution in [0.15, 0.2) is 17.3 Å². The van der Waals surface area contributed by atoms with E-state index in [4.69, 9.17) is 0 Å². The summed E-state index contributed by atoms with van der Waals surface area (Å²) in [7, 11) is 0. The quantitative estimate of drug-likeness (QED) is 0.608. The molecule has 2 aromatic rings. The molecule has 0 radical (unpaired) electrons. The molecule has 0 bridgehead atoms. The lowest BCUT2D eigenvalue weighted by Crippen LogP contribution is -2.44. The molecule has 114 valence electrons. The molecular weight excluding hydrogens is 292 g/mol. The van der Waals surface area contributed by atoms with Crippen LogP contribution in [0.4, 0.5) is 0 Å². The molecule has 0 aliphatic carbocycles. The Morgan fingerprint density at radius 2 is 2.38 bits per heavy atom.